The van der Waals surface area contributed by atoms with Gasteiger partial charge >= 0.3 is 6.61 Å². The summed E-state index contributed by atoms with van der Waals surface area (Å²) in [6.45, 7) is -1.47. The second kappa shape index (κ2) is 8.62. The molecule has 170 valence electrons. The molecule has 4 aromatic rings. The van der Waals surface area contributed by atoms with Crippen molar-refractivity contribution in [3.63, 3.8) is 0 Å². The third-order valence-electron chi connectivity index (χ3n) is 5.63. The summed E-state index contributed by atoms with van der Waals surface area (Å²) in [6, 6.07) is 12.2. The molecule has 1 aliphatic heterocycles. The van der Waals surface area contributed by atoms with E-state index in [9.17, 15) is 13.6 Å². The number of benzene rings is 2. The zero-order valence-electron chi connectivity index (χ0n) is 17.7. The maximum atomic E-state index is 12.8. The highest BCUT2D eigenvalue weighted by atomic mass is 19.3. The molecule has 5 rings (SSSR count). The van der Waals surface area contributed by atoms with Gasteiger partial charge in [-0.2, -0.15) is 8.78 Å². The first-order valence-electron chi connectivity index (χ1n) is 10.4. The van der Waals surface area contributed by atoms with E-state index in [2.05, 4.69) is 20.0 Å². The molecule has 1 saturated heterocycles. The number of nitrogens with one attached hydrogen (secondary N) is 1. The molecule has 0 atom stereocenters. The smallest absolute Gasteiger partial charge is 0.387 e. The van der Waals surface area contributed by atoms with E-state index in [0.29, 0.717) is 35.6 Å². The summed E-state index contributed by atoms with van der Waals surface area (Å²) in [4.78, 5) is 21.5. The number of rotatable bonds is 7. The number of alkyl halides is 2. The molecule has 0 amide bonds. The van der Waals surface area contributed by atoms with Gasteiger partial charge in [0.1, 0.15) is 5.75 Å². The Labute approximate surface area is 187 Å². The molecule has 0 aliphatic carbocycles. The number of aromatic nitrogens is 4. The lowest BCUT2D eigenvalue weighted by Crippen LogP contribution is -2.40. The minimum Gasteiger partial charge on any atom is -0.434 e. The van der Waals surface area contributed by atoms with Crippen LogP contribution in [-0.4, -0.2) is 45.2 Å². The predicted molar refractivity (Wildman–Crippen MR) is 119 cm³/mol. The van der Waals surface area contributed by atoms with Crippen molar-refractivity contribution in [2.45, 2.75) is 19.2 Å². The van der Waals surface area contributed by atoms with Crippen LogP contribution in [0.2, 0.25) is 0 Å². The van der Waals surface area contributed by atoms with Crippen molar-refractivity contribution in [2.24, 2.45) is 7.05 Å². The Hall–Kier alpha value is -3.79. The summed E-state index contributed by atoms with van der Waals surface area (Å²) in [5.41, 5.74) is 2.64. The zero-order valence-corrected chi connectivity index (χ0v) is 17.7. The maximum Gasteiger partial charge on any atom is 0.387 e. The van der Waals surface area contributed by atoms with Gasteiger partial charge in [-0.05, 0) is 23.8 Å². The molecule has 0 saturated carbocycles. The molecule has 0 bridgehead atoms. The highest BCUT2D eigenvalue weighted by Crippen LogP contribution is 2.26. The van der Waals surface area contributed by atoms with Crippen molar-refractivity contribution >= 4 is 16.9 Å². The molecule has 10 heteroatoms. The van der Waals surface area contributed by atoms with Crippen LogP contribution in [0.5, 0.6) is 5.75 Å². The molecule has 0 radical (unpaired) electrons. The lowest BCUT2D eigenvalue weighted by atomic mass is 10.1. The van der Waals surface area contributed by atoms with Crippen LogP contribution in [0.1, 0.15) is 5.56 Å². The number of hydrogen-bond acceptors (Lipinski definition) is 6. The first-order valence-corrected chi connectivity index (χ1v) is 10.4. The third-order valence-corrected chi connectivity index (χ3v) is 5.63. The quantitative estimate of drug-likeness (QED) is 0.463. The van der Waals surface area contributed by atoms with Crippen molar-refractivity contribution < 1.29 is 18.3 Å². The van der Waals surface area contributed by atoms with Gasteiger partial charge in [0.05, 0.1) is 36.7 Å². The second-order valence-electron chi connectivity index (χ2n) is 7.78. The van der Waals surface area contributed by atoms with Gasteiger partial charge in [0.25, 0.3) is 5.56 Å². The lowest BCUT2D eigenvalue weighted by molar-refractivity contribution is -0.0505. The van der Waals surface area contributed by atoms with Crippen LogP contribution in [0.25, 0.3) is 22.0 Å². The van der Waals surface area contributed by atoms with E-state index in [4.69, 9.17) is 4.74 Å². The summed E-state index contributed by atoms with van der Waals surface area (Å²) in [5, 5.41) is 3.72. The molecule has 3 heterocycles. The van der Waals surface area contributed by atoms with Crippen LogP contribution < -0.4 is 15.6 Å². The standard InChI is InChI=1S/C23H21F2N5O3/c1-29-21(31)18-7-6-14(16-9-26-23(27-10-16)28-17-12-32-13-17)8-19(18)30(29)11-15-4-2-3-5-20(15)33-22(24)25/h2-10,17,22H,11-13H2,1H3,(H,26,27,28). The normalized spacial score (nSPS) is 13.9. The molecular formula is C23H21F2N5O3. The zero-order chi connectivity index (χ0) is 22.9. The number of hydrogen-bond donors (Lipinski definition) is 1. The van der Waals surface area contributed by atoms with E-state index in [1.54, 1.807) is 48.4 Å². The van der Waals surface area contributed by atoms with Crippen LogP contribution in [0.3, 0.4) is 0 Å². The highest BCUT2D eigenvalue weighted by molar-refractivity contribution is 5.84. The summed E-state index contributed by atoms with van der Waals surface area (Å²) < 4.78 is 38.7. The Morgan fingerprint density at radius 3 is 2.61 bits per heavy atom. The minimum absolute atomic E-state index is 0.0753. The van der Waals surface area contributed by atoms with Crippen LogP contribution >= 0.6 is 0 Å². The Bertz CT molecular complexity index is 1350. The molecule has 33 heavy (non-hydrogen) atoms. The number of anilines is 1. The molecule has 2 aromatic carbocycles. The molecule has 0 spiro atoms. The molecule has 1 aliphatic rings. The average Bonchev–Trinajstić information content (AvgIpc) is 3.02. The maximum absolute atomic E-state index is 12.8. The molecule has 8 nitrogen and oxygen atoms in total. The number of fused-ring (bicyclic) bond motifs is 1. The lowest BCUT2D eigenvalue weighted by Gasteiger charge is -2.26. The van der Waals surface area contributed by atoms with Crippen molar-refractivity contribution in [1.82, 2.24) is 19.3 Å². The summed E-state index contributed by atoms with van der Waals surface area (Å²) >= 11 is 0. The number of para-hydroxylation sites is 1. The molecule has 0 unspecified atom stereocenters. The van der Waals surface area contributed by atoms with Gasteiger partial charge in [-0.1, -0.05) is 24.3 Å². The van der Waals surface area contributed by atoms with Crippen LogP contribution in [0, 0.1) is 0 Å². The Morgan fingerprint density at radius 2 is 1.91 bits per heavy atom. The highest BCUT2D eigenvalue weighted by Gasteiger charge is 2.19. The van der Waals surface area contributed by atoms with Crippen molar-refractivity contribution in [1.29, 1.82) is 0 Å². The topological polar surface area (TPSA) is 83.2 Å². The van der Waals surface area contributed by atoms with Gasteiger partial charge < -0.3 is 14.8 Å². The average molecular weight is 453 g/mol. The van der Waals surface area contributed by atoms with Gasteiger partial charge in [-0.3, -0.25) is 14.2 Å². The monoisotopic (exact) mass is 453 g/mol. The summed E-state index contributed by atoms with van der Waals surface area (Å²) in [6.07, 6.45) is 3.43. The fraction of sp³-hybridized carbons (Fsp3) is 0.261. The number of nitrogens with zero attached hydrogens (tertiary/aromatic N) is 4. The Morgan fingerprint density at radius 1 is 1.15 bits per heavy atom. The van der Waals surface area contributed by atoms with E-state index in [0.717, 1.165) is 11.1 Å². The van der Waals surface area contributed by atoms with Crippen LogP contribution in [-0.2, 0) is 18.3 Å². The van der Waals surface area contributed by atoms with Gasteiger partial charge in [0.15, 0.2) is 0 Å². The fourth-order valence-electron chi connectivity index (χ4n) is 3.80. The van der Waals surface area contributed by atoms with Gasteiger partial charge in [-0.25, -0.2) is 9.97 Å². The Balaban J connectivity index is 1.50. The van der Waals surface area contributed by atoms with Gasteiger partial charge in [0, 0.05) is 30.6 Å². The SMILES string of the molecule is Cn1c(=O)c2ccc(-c3cnc(NC4COC4)nc3)cc2n1Cc1ccccc1OC(F)F. The summed E-state index contributed by atoms with van der Waals surface area (Å²) in [5.74, 6) is 0.603. The Kier molecular flexibility index (Phi) is 5.51. The number of halogens is 2. The van der Waals surface area contributed by atoms with Crippen molar-refractivity contribution in [3.8, 4) is 16.9 Å². The van der Waals surface area contributed by atoms with Crippen LogP contribution in [0.4, 0.5) is 14.7 Å². The first-order chi connectivity index (χ1) is 16.0. The largest absolute Gasteiger partial charge is 0.434 e. The molecule has 2 aromatic heterocycles. The van der Waals surface area contributed by atoms with E-state index < -0.39 is 6.61 Å². The van der Waals surface area contributed by atoms with E-state index in [-0.39, 0.29) is 23.9 Å². The second-order valence-corrected chi connectivity index (χ2v) is 7.78. The van der Waals surface area contributed by atoms with Crippen molar-refractivity contribution in [2.75, 3.05) is 18.5 Å². The molecule has 1 fully saturated rings. The minimum atomic E-state index is -2.93. The number of ether oxygens (including phenoxy) is 2. The molecular weight excluding hydrogens is 432 g/mol. The van der Waals surface area contributed by atoms with Crippen LogP contribution in [0.15, 0.2) is 59.7 Å². The van der Waals surface area contributed by atoms with Crippen molar-refractivity contribution in [3.05, 3.63) is 70.8 Å². The first kappa shape index (κ1) is 21.1. The molecule has 1 N–H and O–H groups in total. The van der Waals surface area contributed by atoms with Gasteiger partial charge in [0.2, 0.25) is 5.95 Å². The van der Waals surface area contributed by atoms with E-state index in [1.807, 2.05) is 12.1 Å². The van der Waals surface area contributed by atoms with E-state index in [1.165, 1.54) is 10.7 Å². The predicted octanol–water partition coefficient (Wildman–Crippen LogP) is 3.26. The van der Waals surface area contributed by atoms with E-state index >= 15 is 0 Å². The third kappa shape index (κ3) is 4.17. The summed E-state index contributed by atoms with van der Waals surface area (Å²) in [7, 11) is 1.65. The van der Waals surface area contributed by atoms with Gasteiger partial charge in [-0.15, -0.1) is 0 Å². The fourth-order valence-corrected chi connectivity index (χ4v) is 3.80.